The highest BCUT2D eigenvalue weighted by Crippen LogP contribution is 2.44. The lowest BCUT2D eigenvalue weighted by Crippen LogP contribution is -2.31. The molecular formula is C23H30N6O4S. The van der Waals surface area contributed by atoms with Gasteiger partial charge in [0.1, 0.15) is 18.0 Å². The van der Waals surface area contributed by atoms with Crippen molar-refractivity contribution in [2.75, 3.05) is 18.2 Å². The van der Waals surface area contributed by atoms with E-state index in [9.17, 15) is 15.3 Å². The summed E-state index contributed by atoms with van der Waals surface area (Å²) in [7, 11) is 1.68. The number of hydrogen-bond donors (Lipinski definition) is 4. The quantitative estimate of drug-likeness (QED) is 0.276. The number of aliphatic hydroxyl groups is 3. The normalized spacial score (nSPS) is 28.4. The zero-order valence-corrected chi connectivity index (χ0v) is 20.2. The third kappa shape index (κ3) is 4.21. The van der Waals surface area contributed by atoms with Gasteiger partial charge in [-0.2, -0.15) is 0 Å². The Labute approximate surface area is 201 Å². The maximum Gasteiger partial charge on any atom is 0.191 e. The molecule has 6 atom stereocenters. The molecule has 2 aliphatic rings. The maximum atomic E-state index is 10.4. The van der Waals surface area contributed by atoms with E-state index in [1.807, 2.05) is 13.0 Å². The first-order valence-electron chi connectivity index (χ1n) is 11.6. The van der Waals surface area contributed by atoms with Gasteiger partial charge in [0.15, 0.2) is 22.1 Å². The zero-order valence-electron chi connectivity index (χ0n) is 19.4. The lowest BCUT2D eigenvalue weighted by atomic mass is 10.1. The highest BCUT2D eigenvalue weighted by Gasteiger charge is 2.44. The van der Waals surface area contributed by atoms with E-state index in [4.69, 9.17) is 9.72 Å². The summed E-state index contributed by atoms with van der Waals surface area (Å²) < 4.78 is 6.89. The predicted octanol–water partition coefficient (Wildman–Crippen LogP) is 2.04. The molecule has 0 bridgehead atoms. The van der Waals surface area contributed by atoms with Crippen LogP contribution in [-0.2, 0) is 0 Å². The van der Waals surface area contributed by atoms with Crippen molar-refractivity contribution in [2.45, 2.75) is 74.6 Å². The van der Waals surface area contributed by atoms with Gasteiger partial charge in [-0.3, -0.25) is 0 Å². The van der Waals surface area contributed by atoms with Gasteiger partial charge in [0, 0.05) is 24.1 Å². The second kappa shape index (κ2) is 9.29. The third-order valence-electron chi connectivity index (χ3n) is 6.63. The molecule has 0 spiro atoms. The van der Waals surface area contributed by atoms with Crippen molar-refractivity contribution in [3.05, 3.63) is 29.3 Å². The minimum Gasteiger partial charge on any atom is -0.496 e. The number of benzene rings is 1. The Morgan fingerprint density at radius 2 is 2.00 bits per heavy atom. The van der Waals surface area contributed by atoms with Gasteiger partial charge in [-0.1, -0.05) is 36.0 Å². The second-order valence-corrected chi connectivity index (χ2v) is 10.1. The topological polar surface area (TPSA) is 138 Å². The van der Waals surface area contributed by atoms with Crippen LogP contribution in [0.4, 0.5) is 5.82 Å². The summed E-state index contributed by atoms with van der Waals surface area (Å²) in [6, 6.07) is 5.87. The molecule has 4 N–H and O–H groups in total. The average Bonchev–Trinajstić information content (AvgIpc) is 3.39. The largest absolute Gasteiger partial charge is 0.496 e. The van der Waals surface area contributed by atoms with Crippen LogP contribution in [0.15, 0.2) is 23.4 Å². The van der Waals surface area contributed by atoms with E-state index >= 15 is 0 Å². The molecule has 0 amide bonds. The number of aliphatic hydroxyl groups excluding tert-OH is 3. The molecule has 0 aliphatic heterocycles. The lowest BCUT2D eigenvalue weighted by Gasteiger charge is -2.16. The van der Waals surface area contributed by atoms with E-state index in [2.05, 4.69) is 39.7 Å². The van der Waals surface area contributed by atoms with E-state index in [0.29, 0.717) is 28.1 Å². The van der Waals surface area contributed by atoms with Gasteiger partial charge in [0.25, 0.3) is 0 Å². The number of hydrogen-bond acceptors (Lipinski definition) is 10. The summed E-state index contributed by atoms with van der Waals surface area (Å²) in [4.78, 5) is 9.38. The van der Waals surface area contributed by atoms with Crippen molar-refractivity contribution in [3.8, 4) is 5.75 Å². The van der Waals surface area contributed by atoms with Crippen molar-refractivity contribution < 1.29 is 20.1 Å². The van der Waals surface area contributed by atoms with Crippen LogP contribution < -0.4 is 10.1 Å². The summed E-state index contributed by atoms with van der Waals surface area (Å²) in [5.74, 6) is 2.72. The van der Waals surface area contributed by atoms with Crippen LogP contribution in [0.25, 0.3) is 11.2 Å². The summed E-state index contributed by atoms with van der Waals surface area (Å²) in [6.45, 7) is 4.14. The average molecular weight is 487 g/mol. The monoisotopic (exact) mass is 486 g/mol. The molecule has 182 valence electrons. The molecule has 2 aliphatic carbocycles. The van der Waals surface area contributed by atoms with E-state index in [0.717, 1.165) is 29.9 Å². The molecule has 0 saturated heterocycles. The van der Waals surface area contributed by atoms with Crippen LogP contribution in [-0.4, -0.2) is 77.5 Å². The molecule has 11 heteroatoms. The SMILES string of the molecule is CCCSc1nc(NC2CC2c2ccc(OC)c(C)c2)c2nnn([C@@H]3C[C@H](O)[C@@H](O)[C@H]3O)c2n1. The standard InChI is InChI=1S/C23H30N6O4S/c1-4-7-34-23-25-21(24-14-9-13(14)12-5-6-17(33-3)11(2)8-12)18-22(26-23)29(28-27-18)15-10-16(30)20(32)19(15)31/h5-6,8,13-16,19-20,30-32H,4,7,9-10H2,1-3H3,(H,24,25,26)/t13?,14?,15-,16+,19+,20-/m1/s1. The van der Waals surface area contributed by atoms with E-state index in [-0.39, 0.29) is 12.5 Å². The Balaban J connectivity index is 1.44. The number of methoxy groups -OCH3 is 1. The van der Waals surface area contributed by atoms with Gasteiger partial charge in [-0.15, -0.1) is 5.10 Å². The fourth-order valence-electron chi connectivity index (χ4n) is 4.65. The molecule has 1 aromatic carbocycles. The van der Waals surface area contributed by atoms with Crippen LogP contribution in [0, 0.1) is 6.92 Å². The zero-order chi connectivity index (χ0) is 24.0. The van der Waals surface area contributed by atoms with Gasteiger partial charge >= 0.3 is 0 Å². The highest BCUT2D eigenvalue weighted by molar-refractivity contribution is 7.99. The number of anilines is 1. The summed E-state index contributed by atoms with van der Waals surface area (Å²) in [5.41, 5.74) is 3.36. The number of aryl methyl sites for hydroxylation is 1. The number of aromatic nitrogens is 5. The number of nitrogens with zero attached hydrogens (tertiary/aromatic N) is 5. The van der Waals surface area contributed by atoms with Gasteiger partial charge < -0.3 is 25.4 Å². The molecule has 2 aromatic heterocycles. The van der Waals surface area contributed by atoms with Crippen molar-refractivity contribution >= 4 is 28.7 Å². The molecule has 2 unspecified atom stereocenters. The molecule has 5 rings (SSSR count). The fraction of sp³-hybridized carbons (Fsp3) is 0.565. The van der Waals surface area contributed by atoms with Crippen LogP contribution in [0.2, 0.25) is 0 Å². The summed E-state index contributed by atoms with van der Waals surface area (Å²) in [5, 5.41) is 43.2. The molecule has 0 radical (unpaired) electrons. The molecular weight excluding hydrogens is 456 g/mol. The van der Waals surface area contributed by atoms with Crippen LogP contribution in [0.1, 0.15) is 49.3 Å². The van der Waals surface area contributed by atoms with E-state index in [1.165, 1.54) is 10.2 Å². The molecule has 3 aromatic rings. The maximum absolute atomic E-state index is 10.4. The van der Waals surface area contributed by atoms with E-state index < -0.39 is 24.4 Å². The first-order chi connectivity index (χ1) is 16.4. The number of fused-ring (bicyclic) bond motifs is 1. The number of nitrogens with one attached hydrogen (secondary N) is 1. The van der Waals surface area contributed by atoms with Crippen molar-refractivity contribution in [1.82, 2.24) is 25.0 Å². The predicted molar refractivity (Wildman–Crippen MR) is 128 cm³/mol. The highest BCUT2D eigenvalue weighted by atomic mass is 32.2. The first-order valence-corrected chi connectivity index (χ1v) is 12.6. The van der Waals surface area contributed by atoms with Crippen molar-refractivity contribution in [2.24, 2.45) is 0 Å². The van der Waals surface area contributed by atoms with Crippen LogP contribution in [0.3, 0.4) is 0 Å². The first kappa shape index (κ1) is 23.3. The molecule has 2 fully saturated rings. The number of rotatable bonds is 8. The van der Waals surface area contributed by atoms with Crippen LogP contribution in [0.5, 0.6) is 5.75 Å². The van der Waals surface area contributed by atoms with Gasteiger partial charge in [-0.05, 0) is 37.0 Å². The second-order valence-electron chi connectivity index (χ2n) is 9.08. The molecule has 10 nitrogen and oxygen atoms in total. The summed E-state index contributed by atoms with van der Waals surface area (Å²) in [6.07, 6.45) is -1.27. The molecule has 34 heavy (non-hydrogen) atoms. The molecule has 2 heterocycles. The minimum atomic E-state index is -1.22. The van der Waals surface area contributed by atoms with Crippen LogP contribution >= 0.6 is 11.8 Å². The third-order valence-corrected chi connectivity index (χ3v) is 7.69. The Kier molecular flexibility index (Phi) is 6.36. The Morgan fingerprint density at radius 1 is 1.18 bits per heavy atom. The fourth-order valence-corrected chi connectivity index (χ4v) is 5.34. The minimum absolute atomic E-state index is 0.173. The Bertz CT molecular complexity index is 1190. The lowest BCUT2D eigenvalue weighted by molar-refractivity contribution is -0.0253. The Morgan fingerprint density at radius 3 is 2.68 bits per heavy atom. The van der Waals surface area contributed by atoms with E-state index in [1.54, 1.807) is 18.9 Å². The van der Waals surface area contributed by atoms with Gasteiger partial charge in [0.05, 0.1) is 19.3 Å². The number of thioether (sulfide) groups is 1. The Hall–Kier alpha value is -2.47. The van der Waals surface area contributed by atoms with Gasteiger partial charge in [-0.25, -0.2) is 14.6 Å². The summed E-state index contributed by atoms with van der Waals surface area (Å²) >= 11 is 1.55. The van der Waals surface area contributed by atoms with Crippen molar-refractivity contribution in [1.29, 1.82) is 0 Å². The number of ether oxygens (including phenoxy) is 1. The van der Waals surface area contributed by atoms with Crippen molar-refractivity contribution in [3.63, 3.8) is 0 Å². The molecule has 2 saturated carbocycles. The smallest absolute Gasteiger partial charge is 0.191 e. The van der Waals surface area contributed by atoms with Gasteiger partial charge in [0.2, 0.25) is 0 Å².